The Morgan fingerprint density at radius 1 is 1.07 bits per heavy atom. The highest BCUT2D eigenvalue weighted by Gasteiger charge is 2.14. The van der Waals surface area contributed by atoms with Crippen molar-refractivity contribution in [3.8, 4) is 0 Å². The molecule has 0 saturated carbocycles. The molecule has 27 heavy (non-hydrogen) atoms. The highest BCUT2D eigenvalue weighted by molar-refractivity contribution is 5.93. The molecule has 1 rings (SSSR count). The van der Waals surface area contributed by atoms with Gasteiger partial charge in [0.15, 0.2) is 5.96 Å². The predicted molar refractivity (Wildman–Crippen MR) is 114 cm³/mol. The van der Waals surface area contributed by atoms with Gasteiger partial charge in [0.25, 0.3) is 5.91 Å². The second-order valence-corrected chi connectivity index (χ2v) is 7.72. The SMILES string of the molecule is CCNC(=NCc1ccc(C(=O)N(C)C)cc1)NCC(CC(C)C)N(C)C. The van der Waals surface area contributed by atoms with Crippen LogP contribution in [-0.4, -0.2) is 69.0 Å². The van der Waals surface area contributed by atoms with Crippen LogP contribution in [0.3, 0.4) is 0 Å². The number of carbonyl (C=O) groups is 1. The van der Waals surface area contributed by atoms with Crippen LogP contribution >= 0.6 is 0 Å². The molecule has 6 heteroatoms. The summed E-state index contributed by atoms with van der Waals surface area (Å²) in [5, 5.41) is 6.76. The first-order chi connectivity index (χ1) is 12.7. The fraction of sp³-hybridized carbons (Fsp3) is 0.619. The molecule has 0 bridgehead atoms. The van der Waals surface area contributed by atoms with E-state index in [2.05, 4.69) is 55.4 Å². The molecule has 6 nitrogen and oxygen atoms in total. The van der Waals surface area contributed by atoms with Gasteiger partial charge in [-0.05, 0) is 51.1 Å². The number of nitrogens with zero attached hydrogens (tertiary/aromatic N) is 3. The van der Waals surface area contributed by atoms with Crippen molar-refractivity contribution in [1.82, 2.24) is 20.4 Å². The first-order valence-corrected chi connectivity index (χ1v) is 9.73. The Balaban J connectivity index is 2.71. The molecular formula is C21H37N5O. The van der Waals surface area contributed by atoms with Gasteiger partial charge in [-0.1, -0.05) is 26.0 Å². The molecule has 1 unspecified atom stereocenters. The lowest BCUT2D eigenvalue weighted by Crippen LogP contribution is -2.45. The van der Waals surface area contributed by atoms with Crippen LogP contribution in [0, 0.1) is 5.92 Å². The first-order valence-electron chi connectivity index (χ1n) is 9.73. The minimum Gasteiger partial charge on any atom is -0.357 e. The number of benzene rings is 1. The van der Waals surface area contributed by atoms with Gasteiger partial charge in [-0.25, -0.2) is 4.99 Å². The summed E-state index contributed by atoms with van der Waals surface area (Å²) in [6.45, 7) is 8.81. The molecule has 0 fully saturated rings. The second-order valence-electron chi connectivity index (χ2n) is 7.72. The molecule has 2 N–H and O–H groups in total. The third-order valence-electron chi connectivity index (χ3n) is 4.35. The summed E-state index contributed by atoms with van der Waals surface area (Å²) in [4.78, 5) is 20.5. The number of carbonyl (C=O) groups excluding carboxylic acids is 1. The predicted octanol–water partition coefficient (Wildman–Crippen LogP) is 2.42. The third-order valence-corrected chi connectivity index (χ3v) is 4.35. The van der Waals surface area contributed by atoms with E-state index >= 15 is 0 Å². The quantitative estimate of drug-likeness (QED) is 0.514. The van der Waals surface area contributed by atoms with Gasteiger partial charge in [-0.15, -0.1) is 0 Å². The number of amides is 1. The van der Waals surface area contributed by atoms with E-state index in [0.717, 1.165) is 31.0 Å². The molecule has 0 aromatic heterocycles. The Kier molecular flexibility index (Phi) is 9.86. The van der Waals surface area contributed by atoms with Crippen molar-refractivity contribution in [3.63, 3.8) is 0 Å². The molecule has 0 aliphatic carbocycles. The molecule has 1 aromatic carbocycles. The van der Waals surface area contributed by atoms with Crippen molar-refractivity contribution in [2.75, 3.05) is 41.3 Å². The van der Waals surface area contributed by atoms with E-state index in [4.69, 9.17) is 0 Å². The monoisotopic (exact) mass is 375 g/mol. The van der Waals surface area contributed by atoms with E-state index in [1.807, 2.05) is 24.3 Å². The lowest BCUT2D eigenvalue weighted by Gasteiger charge is -2.27. The number of guanidine groups is 1. The van der Waals surface area contributed by atoms with Crippen LogP contribution in [0.5, 0.6) is 0 Å². The smallest absolute Gasteiger partial charge is 0.253 e. The van der Waals surface area contributed by atoms with Crippen molar-refractivity contribution in [1.29, 1.82) is 0 Å². The van der Waals surface area contributed by atoms with Crippen LogP contribution in [0.15, 0.2) is 29.3 Å². The fourth-order valence-electron chi connectivity index (χ4n) is 2.76. The summed E-state index contributed by atoms with van der Waals surface area (Å²) in [5.74, 6) is 1.49. The van der Waals surface area contributed by atoms with Crippen LogP contribution in [0.25, 0.3) is 0 Å². The highest BCUT2D eigenvalue weighted by atomic mass is 16.2. The number of likely N-dealkylation sites (N-methyl/N-ethyl adjacent to an activating group) is 1. The lowest BCUT2D eigenvalue weighted by molar-refractivity contribution is 0.0827. The molecule has 1 amide bonds. The van der Waals surface area contributed by atoms with Crippen molar-refractivity contribution < 1.29 is 4.79 Å². The van der Waals surface area contributed by atoms with Crippen LogP contribution < -0.4 is 10.6 Å². The van der Waals surface area contributed by atoms with Crippen molar-refractivity contribution >= 4 is 11.9 Å². The molecule has 152 valence electrons. The number of hydrogen-bond donors (Lipinski definition) is 2. The minimum absolute atomic E-state index is 0.0138. The Labute approximate surface area is 165 Å². The van der Waals surface area contributed by atoms with Crippen molar-refractivity contribution in [2.24, 2.45) is 10.9 Å². The molecule has 0 aliphatic rings. The summed E-state index contributed by atoms with van der Waals surface area (Å²) in [7, 11) is 7.76. The molecule has 1 atom stereocenters. The number of nitrogens with one attached hydrogen (secondary N) is 2. The van der Waals surface area contributed by atoms with E-state index < -0.39 is 0 Å². The van der Waals surface area contributed by atoms with Crippen LogP contribution in [0.2, 0.25) is 0 Å². The maximum atomic E-state index is 12.0. The topological polar surface area (TPSA) is 60.0 Å². The number of hydrogen-bond acceptors (Lipinski definition) is 3. The normalized spacial score (nSPS) is 13.0. The number of rotatable bonds is 9. The van der Waals surface area contributed by atoms with Crippen LogP contribution in [0.4, 0.5) is 0 Å². The summed E-state index contributed by atoms with van der Waals surface area (Å²) in [5.41, 5.74) is 1.77. The average Bonchev–Trinajstić information content (AvgIpc) is 2.62. The maximum absolute atomic E-state index is 12.0. The zero-order valence-corrected chi connectivity index (χ0v) is 18.0. The summed E-state index contributed by atoms with van der Waals surface area (Å²) >= 11 is 0. The first kappa shape index (κ1) is 23.0. The van der Waals surface area contributed by atoms with Crippen molar-refractivity contribution in [2.45, 2.75) is 39.8 Å². The van der Waals surface area contributed by atoms with E-state index in [1.54, 1.807) is 19.0 Å². The van der Waals surface area contributed by atoms with Crippen molar-refractivity contribution in [3.05, 3.63) is 35.4 Å². The molecule has 0 spiro atoms. The summed E-state index contributed by atoms with van der Waals surface area (Å²) in [6, 6.07) is 8.11. The van der Waals surface area contributed by atoms with Crippen LogP contribution in [0.1, 0.15) is 43.1 Å². The van der Waals surface area contributed by atoms with Gasteiger partial charge < -0.3 is 20.4 Å². The van der Waals surface area contributed by atoms with Gasteiger partial charge >= 0.3 is 0 Å². The van der Waals surface area contributed by atoms with Gasteiger partial charge in [-0.3, -0.25) is 4.79 Å². The van der Waals surface area contributed by atoms with E-state index in [1.165, 1.54) is 0 Å². The molecule has 0 heterocycles. The van der Waals surface area contributed by atoms with Gasteiger partial charge in [-0.2, -0.15) is 0 Å². The Morgan fingerprint density at radius 3 is 2.19 bits per heavy atom. The zero-order valence-electron chi connectivity index (χ0n) is 18.0. The Bertz CT molecular complexity index is 593. The Morgan fingerprint density at radius 2 is 1.70 bits per heavy atom. The molecule has 0 radical (unpaired) electrons. The average molecular weight is 376 g/mol. The lowest BCUT2D eigenvalue weighted by atomic mass is 10.0. The largest absolute Gasteiger partial charge is 0.357 e. The van der Waals surface area contributed by atoms with Gasteiger partial charge in [0.2, 0.25) is 0 Å². The minimum atomic E-state index is 0.0138. The van der Waals surface area contributed by atoms with E-state index in [0.29, 0.717) is 24.1 Å². The van der Waals surface area contributed by atoms with Gasteiger partial charge in [0.05, 0.1) is 6.54 Å². The van der Waals surface area contributed by atoms with Gasteiger partial charge in [0, 0.05) is 38.8 Å². The van der Waals surface area contributed by atoms with E-state index in [9.17, 15) is 4.79 Å². The third kappa shape index (κ3) is 8.43. The summed E-state index contributed by atoms with van der Waals surface area (Å²) in [6.07, 6.45) is 1.14. The summed E-state index contributed by atoms with van der Waals surface area (Å²) < 4.78 is 0. The number of aliphatic imine (C=N–C) groups is 1. The standard InChI is InChI=1S/C21H37N5O/c1-8-22-21(24-15-19(25(4)5)13-16(2)3)23-14-17-9-11-18(12-10-17)20(27)26(6)7/h9-12,16,19H,8,13-15H2,1-7H3,(H2,22,23,24). The second kappa shape index (κ2) is 11.6. The fourth-order valence-corrected chi connectivity index (χ4v) is 2.76. The van der Waals surface area contributed by atoms with Crippen LogP contribution in [-0.2, 0) is 6.54 Å². The Hall–Kier alpha value is -2.08. The molecule has 0 saturated heterocycles. The molecule has 1 aromatic rings. The van der Waals surface area contributed by atoms with Gasteiger partial charge in [0.1, 0.15) is 0 Å². The zero-order chi connectivity index (χ0) is 20.4. The molecular weight excluding hydrogens is 338 g/mol. The highest BCUT2D eigenvalue weighted by Crippen LogP contribution is 2.09. The van der Waals surface area contributed by atoms with E-state index in [-0.39, 0.29) is 5.91 Å². The molecule has 0 aliphatic heterocycles. The maximum Gasteiger partial charge on any atom is 0.253 e.